The fourth-order valence-corrected chi connectivity index (χ4v) is 9.24. The maximum atomic E-state index is 12.5. The van der Waals surface area contributed by atoms with Crippen molar-refractivity contribution >= 4 is 5.91 Å². The summed E-state index contributed by atoms with van der Waals surface area (Å²) in [4.78, 5) is 12.5. The van der Waals surface area contributed by atoms with Crippen LogP contribution in [0.3, 0.4) is 0 Å². The van der Waals surface area contributed by atoms with Gasteiger partial charge in [-0.25, -0.2) is 0 Å². The Kier molecular flexibility index (Phi) is 53.4. The first-order chi connectivity index (χ1) is 31.6. The molecule has 3 atom stereocenters. The molecule has 5 nitrogen and oxygen atoms in total. The molecular formula is C59H115NO4. The minimum Gasteiger partial charge on any atom is -0.394 e. The first-order valence-corrected chi connectivity index (χ1v) is 29.2. The Morgan fingerprint density at radius 2 is 0.625 bits per heavy atom. The van der Waals surface area contributed by atoms with E-state index in [0.717, 1.165) is 32.1 Å². The van der Waals surface area contributed by atoms with E-state index in [1.165, 1.54) is 270 Å². The van der Waals surface area contributed by atoms with Crippen LogP contribution < -0.4 is 5.32 Å². The van der Waals surface area contributed by atoms with Gasteiger partial charge in [-0.05, 0) is 44.9 Å². The normalized spacial score (nSPS) is 13.4. The first-order valence-electron chi connectivity index (χ1n) is 29.2. The predicted octanol–water partition coefficient (Wildman–Crippen LogP) is 18.1. The number of unbranched alkanes of at least 4 members (excludes halogenated alkanes) is 44. The smallest absolute Gasteiger partial charge is 0.249 e. The number of allylic oxidation sites excluding steroid dienone is 3. The summed E-state index contributed by atoms with van der Waals surface area (Å²) in [5, 5.41) is 33.3. The topological polar surface area (TPSA) is 89.8 Å². The number of nitrogens with one attached hydrogen (secondary N) is 1. The largest absolute Gasteiger partial charge is 0.394 e. The standard InChI is InChI=1S/C59H115NO4/c1-3-5-7-9-11-13-15-17-19-20-21-22-23-24-25-26-27-28-29-30-31-32-33-34-35-36-37-38-39-40-42-44-46-48-50-52-54-58(63)59(64)60-56(55-61)57(62)53-51-49-47-45-43-41-18-16-14-12-10-8-6-4-2/h28-29,51,53,56-58,61-63H,3-27,30-50,52,54-55H2,1-2H3,(H,60,64)/b29-28-,53-51+. The molecule has 1 amide bonds. The molecule has 0 aromatic rings. The third-order valence-corrected chi connectivity index (χ3v) is 13.8. The molecule has 4 N–H and O–H groups in total. The van der Waals surface area contributed by atoms with E-state index in [2.05, 4.69) is 31.3 Å². The molecule has 0 rings (SSSR count). The van der Waals surface area contributed by atoms with E-state index in [-0.39, 0.29) is 6.61 Å². The molecule has 0 radical (unpaired) electrons. The maximum absolute atomic E-state index is 12.5. The zero-order chi connectivity index (χ0) is 46.5. The van der Waals surface area contributed by atoms with Crippen molar-refractivity contribution in [2.24, 2.45) is 0 Å². The van der Waals surface area contributed by atoms with Crippen LogP contribution in [-0.4, -0.2) is 46.1 Å². The van der Waals surface area contributed by atoms with Crippen molar-refractivity contribution in [3.63, 3.8) is 0 Å². The third-order valence-electron chi connectivity index (χ3n) is 13.8. The predicted molar refractivity (Wildman–Crippen MR) is 282 cm³/mol. The van der Waals surface area contributed by atoms with Crippen LogP contribution >= 0.6 is 0 Å². The van der Waals surface area contributed by atoms with Gasteiger partial charge in [0.2, 0.25) is 5.91 Å². The average molecular weight is 903 g/mol. The van der Waals surface area contributed by atoms with Crippen LogP contribution in [0.5, 0.6) is 0 Å². The fraction of sp³-hybridized carbons (Fsp3) is 0.915. The number of rotatable bonds is 54. The van der Waals surface area contributed by atoms with Crippen LogP contribution in [0.2, 0.25) is 0 Å². The summed E-state index contributed by atoms with van der Waals surface area (Å²) in [5.41, 5.74) is 0. The summed E-state index contributed by atoms with van der Waals surface area (Å²) in [7, 11) is 0. The molecule has 0 aromatic heterocycles. The van der Waals surface area contributed by atoms with Crippen molar-refractivity contribution < 1.29 is 20.1 Å². The summed E-state index contributed by atoms with van der Waals surface area (Å²) in [5.74, 6) is -0.499. The highest BCUT2D eigenvalue weighted by Gasteiger charge is 2.22. The second kappa shape index (κ2) is 54.4. The Labute approximate surface area is 401 Å². The molecule has 0 spiro atoms. The number of carbonyl (C=O) groups is 1. The van der Waals surface area contributed by atoms with Gasteiger partial charge in [-0.15, -0.1) is 0 Å². The van der Waals surface area contributed by atoms with E-state index in [4.69, 9.17) is 0 Å². The molecule has 0 aromatic carbocycles. The van der Waals surface area contributed by atoms with Gasteiger partial charge in [0, 0.05) is 0 Å². The molecule has 64 heavy (non-hydrogen) atoms. The fourth-order valence-electron chi connectivity index (χ4n) is 9.24. The van der Waals surface area contributed by atoms with Crippen molar-refractivity contribution in [2.75, 3.05) is 6.61 Å². The maximum Gasteiger partial charge on any atom is 0.249 e. The van der Waals surface area contributed by atoms with Gasteiger partial charge < -0.3 is 20.6 Å². The van der Waals surface area contributed by atoms with Crippen molar-refractivity contribution in [1.29, 1.82) is 0 Å². The van der Waals surface area contributed by atoms with Gasteiger partial charge in [0.1, 0.15) is 6.10 Å². The molecule has 3 unspecified atom stereocenters. The second-order valence-electron chi connectivity index (χ2n) is 20.2. The van der Waals surface area contributed by atoms with Gasteiger partial charge in [-0.2, -0.15) is 0 Å². The van der Waals surface area contributed by atoms with E-state index < -0.39 is 24.2 Å². The Hall–Kier alpha value is -1.17. The lowest BCUT2D eigenvalue weighted by Gasteiger charge is -2.21. The lowest BCUT2D eigenvalue weighted by Crippen LogP contribution is -2.48. The highest BCUT2D eigenvalue weighted by atomic mass is 16.3. The summed E-state index contributed by atoms with van der Waals surface area (Å²) >= 11 is 0. The summed E-state index contributed by atoms with van der Waals surface area (Å²) in [6.07, 6.45) is 69.9. The lowest BCUT2D eigenvalue weighted by atomic mass is 10.0. The summed E-state index contributed by atoms with van der Waals surface area (Å²) < 4.78 is 0. The molecule has 0 aliphatic rings. The molecule has 0 bridgehead atoms. The monoisotopic (exact) mass is 902 g/mol. The number of hydrogen-bond acceptors (Lipinski definition) is 4. The van der Waals surface area contributed by atoms with Crippen molar-refractivity contribution in [3.05, 3.63) is 24.3 Å². The van der Waals surface area contributed by atoms with Crippen LogP contribution in [0.15, 0.2) is 24.3 Å². The Bertz CT molecular complexity index is 951. The lowest BCUT2D eigenvalue weighted by molar-refractivity contribution is -0.131. The number of aliphatic hydroxyl groups is 3. The number of hydrogen-bond donors (Lipinski definition) is 4. The molecule has 0 saturated carbocycles. The highest BCUT2D eigenvalue weighted by Crippen LogP contribution is 2.18. The van der Waals surface area contributed by atoms with Crippen LogP contribution in [0.25, 0.3) is 0 Å². The molecule has 0 saturated heterocycles. The zero-order valence-corrected chi connectivity index (χ0v) is 43.4. The molecule has 0 fully saturated rings. The Balaban J connectivity index is 3.46. The van der Waals surface area contributed by atoms with E-state index in [9.17, 15) is 20.1 Å². The molecule has 380 valence electrons. The molecular weight excluding hydrogens is 787 g/mol. The first kappa shape index (κ1) is 62.8. The average Bonchev–Trinajstić information content (AvgIpc) is 3.30. The van der Waals surface area contributed by atoms with E-state index in [1.54, 1.807) is 6.08 Å². The molecule has 0 aliphatic carbocycles. The quantitative estimate of drug-likeness (QED) is 0.0362. The summed E-state index contributed by atoms with van der Waals surface area (Å²) in [6, 6.07) is -0.795. The van der Waals surface area contributed by atoms with Crippen LogP contribution in [0, 0.1) is 0 Å². The Morgan fingerprint density at radius 1 is 0.375 bits per heavy atom. The van der Waals surface area contributed by atoms with Gasteiger partial charge >= 0.3 is 0 Å². The molecule has 0 heterocycles. The summed E-state index contributed by atoms with van der Waals surface area (Å²) in [6.45, 7) is 4.21. The van der Waals surface area contributed by atoms with Gasteiger partial charge in [-0.3, -0.25) is 4.79 Å². The van der Waals surface area contributed by atoms with Gasteiger partial charge in [-0.1, -0.05) is 301 Å². The van der Waals surface area contributed by atoms with Crippen molar-refractivity contribution in [1.82, 2.24) is 5.32 Å². The van der Waals surface area contributed by atoms with E-state index in [0.29, 0.717) is 6.42 Å². The van der Waals surface area contributed by atoms with Gasteiger partial charge in [0.15, 0.2) is 0 Å². The molecule has 0 aliphatic heterocycles. The minimum absolute atomic E-state index is 0.360. The minimum atomic E-state index is -1.10. The SMILES string of the molecule is CCCCCCCCCCCCCC/C=C/C(O)C(CO)NC(=O)C(O)CCCCCCCCCCCCCCCCCC/C=C\CCCCCCCCCCCCCCCCCC. The van der Waals surface area contributed by atoms with Gasteiger partial charge in [0.05, 0.1) is 18.8 Å². The zero-order valence-electron chi connectivity index (χ0n) is 43.4. The molecule has 5 heteroatoms. The number of carbonyl (C=O) groups excluding carboxylic acids is 1. The van der Waals surface area contributed by atoms with Gasteiger partial charge in [0.25, 0.3) is 0 Å². The van der Waals surface area contributed by atoms with E-state index >= 15 is 0 Å². The Morgan fingerprint density at radius 3 is 0.906 bits per heavy atom. The third kappa shape index (κ3) is 48.8. The van der Waals surface area contributed by atoms with E-state index in [1.807, 2.05) is 6.08 Å². The highest BCUT2D eigenvalue weighted by molar-refractivity contribution is 5.80. The van der Waals surface area contributed by atoms with Crippen LogP contribution in [0.1, 0.15) is 322 Å². The van der Waals surface area contributed by atoms with Crippen molar-refractivity contribution in [3.8, 4) is 0 Å². The second-order valence-corrected chi connectivity index (χ2v) is 20.2. The number of aliphatic hydroxyl groups excluding tert-OH is 3. The number of amides is 1. The van der Waals surface area contributed by atoms with Crippen LogP contribution in [-0.2, 0) is 4.79 Å². The van der Waals surface area contributed by atoms with Crippen LogP contribution in [0.4, 0.5) is 0 Å². The van der Waals surface area contributed by atoms with Crippen molar-refractivity contribution in [2.45, 2.75) is 340 Å².